The summed E-state index contributed by atoms with van der Waals surface area (Å²) in [6.45, 7) is 0.501. The molecule has 5 heteroatoms. The van der Waals surface area contributed by atoms with Gasteiger partial charge in [-0.2, -0.15) is 0 Å². The molecule has 5 nitrogen and oxygen atoms in total. The van der Waals surface area contributed by atoms with E-state index < -0.39 is 18.5 Å². The molecule has 0 radical (unpaired) electrons. The summed E-state index contributed by atoms with van der Waals surface area (Å²) in [4.78, 5) is 20.6. The lowest BCUT2D eigenvalue weighted by Crippen LogP contribution is -2.16. The molecule has 0 saturated carbocycles. The summed E-state index contributed by atoms with van der Waals surface area (Å²) in [6, 6.07) is 0. The van der Waals surface area contributed by atoms with Crippen LogP contribution in [0.2, 0.25) is 0 Å². The SMILES string of the molecule is CC(=O)OCC(=O)OCCO. The van der Waals surface area contributed by atoms with Gasteiger partial charge in [-0.05, 0) is 0 Å². The van der Waals surface area contributed by atoms with Crippen LogP contribution in [0.3, 0.4) is 0 Å². The van der Waals surface area contributed by atoms with Crippen molar-refractivity contribution in [2.75, 3.05) is 19.8 Å². The van der Waals surface area contributed by atoms with Crippen LogP contribution in [-0.2, 0) is 19.1 Å². The standard InChI is InChI=1S/C6H10O5/c1-5(8)11-4-6(9)10-3-2-7/h7H,2-4H2,1H3. The highest BCUT2D eigenvalue weighted by atomic mass is 16.6. The number of carbonyl (C=O) groups excluding carboxylic acids is 2. The number of carbonyl (C=O) groups is 2. The van der Waals surface area contributed by atoms with Gasteiger partial charge in [0.2, 0.25) is 0 Å². The van der Waals surface area contributed by atoms with E-state index in [-0.39, 0.29) is 13.2 Å². The lowest BCUT2D eigenvalue weighted by atomic mass is 10.7. The molecule has 0 bridgehead atoms. The summed E-state index contributed by atoms with van der Waals surface area (Å²) in [7, 11) is 0. The molecule has 0 aliphatic heterocycles. The van der Waals surface area contributed by atoms with Crippen LogP contribution in [0.25, 0.3) is 0 Å². The molecule has 0 rings (SSSR count). The molecular formula is C6H10O5. The van der Waals surface area contributed by atoms with Gasteiger partial charge in [-0.3, -0.25) is 4.79 Å². The number of rotatable bonds is 4. The molecule has 0 aliphatic rings. The predicted octanol–water partition coefficient (Wildman–Crippen LogP) is -0.915. The maximum Gasteiger partial charge on any atom is 0.344 e. The number of hydrogen-bond acceptors (Lipinski definition) is 5. The van der Waals surface area contributed by atoms with Gasteiger partial charge in [-0.25, -0.2) is 4.79 Å². The van der Waals surface area contributed by atoms with E-state index in [1.54, 1.807) is 0 Å². The zero-order valence-corrected chi connectivity index (χ0v) is 6.20. The number of aliphatic hydroxyl groups is 1. The molecule has 0 aromatic carbocycles. The first-order valence-electron chi connectivity index (χ1n) is 3.06. The molecule has 0 aliphatic carbocycles. The first-order chi connectivity index (χ1) is 5.16. The number of esters is 2. The lowest BCUT2D eigenvalue weighted by molar-refractivity contribution is -0.158. The van der Waals surface area contributed by atoms with Crippen molar-refractivity contribution in [1.82, 2.24) is 0 Å². The second-order valence-electron chi connectivity index (χ2n) is 1.72. The van der Waals surface area contributed by atoms with Crippen LogP contribution in [-0.4, -0.2) is 36.9 Å². The smallest absolute Gasteiger partial charge is 0.344 e. The molecule has 0 unspecified atom stereocenters. The Balaban J connectivity index is 3.30. The second-order valence-corrected chi connectivity index (χ2v) is 1.72. The van der Waals surface area contributed by atoms with E-state index in [1.807, 2.05) is 0 Å². The van der Waals surface area contributed by atoms with Gasteiger partial charge in [0.25, 0.3) is 0 Å². The second kappa shape index (κ2) is 5.67. The molecule has 0 spiro atoms. The van der Waals surface area contributed by atoms with E-state index in [0.717, 1.165) is 0 Å². The summed E-state index contributed by atoms with van der Waals surface area (Å²) in [5, 5.41) is 8.21. The first kappa shape index (κ1) is 9.90. The molecule has 0 aromatic rings. The minimum absolute atomic E-state index is 0.0693. The van der Waals surface area contributed by atoms with Crippen LogP contribution in [0.15, 0.2) is 0 Å². The largest absolute Gasteiger partial charge is 0.461 e. The van der Waals surface area contributed by atoms with Gasteiger partial charge >= 0.3 is 11.9 Å². The average Bonchev–Trinajstić information content (AvgIpc) is 1.97. The third kappa shape index (κ3) is 6.79. The Bertz CT molecular complexity index is 142. The Morgan fingerprint density at radius 3 is 2.45 bits per heavy atom. The van der Waals surface area contributed by atoms with Crippen LogP contribution >= 0.6 is 0 Å². The fourth-order valence-electron chi connectivity index (χ4n) is 0.362. The zero-order chi connectivity index (χ0) is 8.69. The third-order valence-electron chi connectivity index (χ3n) is 0.748. The van der Waals surface area contributed by atoms with Crippen molar-refractivity contribution in [3.05, 3.63) is 0 Å². The van der Waals surface area contributed by atoms with Gasteiger partial charge in [-0.1, -0.05) is 0 Å². The Kier molecular flexibility index (Phi) is 5.10. The van der Waals surface area contributed by atoms with E-state index in [0.29, 0.717) is 0 Å². The molecule has 11 heavy (non-hydrogen) atoms. The Morgan fingerprint density at radius 2 is 2.00 bits per heavy atom. The van der Waals surface area contributed by atoms with Gasteiger partial charge in [0, 0.05) is 6.92 Å². The van der Waals surface area contributed by atoms with Gasteiger partial charge in [0.15, 0.2) is 6.61 Å². The van der Waals surface area contributed by atoms with E-state index in [4.69, 9.17) is 5.11 Å². The maximum atomic E-state index is 10.5. The highest BCUT2D eigenvalue weighted by Gasteiger charge is 2.03. The van der Waals surface area contributed by atoms with Gasteiger partial charge in [0.1, 0.15) is 6.61 Å². The molecule has 0 amide bonds. The Morgan fingerprint density at radius 1 is 1.36 bits per heavy atom. The minimum Gasteiger partial charge on any atom is -0.461 e. The fraction of sp³-hybridized carbons (Fsp3) is 0.667. The first-order valence-corrected chi connectivity index (χ1v) is 3.06. The summed E-state index contributed by atoms with van der Waals surface area (Å²) in [5.41, 5.74) is 0. The van der Waals surface area contributed by atoms with Crippen LogP contribution in [0.5, 0.6) is 0 Å². The molecule has 1 N–H and O–H groups in total. The monoisotopic (exact) mass is 162 g/mol. The highest BCUT2D eigenvalue weighted by Crippen LogP contribution is 1.81. The van der Waals surface area contributed by atoms with Gasteiger partial charge < -0.3 is 14.6 Å². The van der Waals surface area contributed by atoms with Crippen LogP contribution in [0.1, 0.15) is 6.92 Å². The van der Waals surface area contributed by atoms with Crippen molar-refractivity contribution in [3.63, 3.8) is 0 Å². The molecule has 0 aromatic heterocycles. The van der Waals surface area contributed by atoms with E-state index in [1.165, 1.54) is 6.92 Å². The van der Waals surface area contributed by atoms with Crippen LogP contribution < -0.4 is 0 Å². The normalized spacial score (nSPS) is 8.91. The number of ether oxygens (including phenoxy) is 2. The predicted molar refractivity (Wildman–Crippen MR) is 34.7 cm³/mol. The molecule has 0 heterocycles. The average molecular weight is 162 g/mol. The molecule has 0 saturated heterocycles. The fourth-order valence-corrected chi connectivity index (χ4v) is 0.362. The van der Waals surface area contributed by atoms with Crippen molar-refractivity contribution < 1.29 is 24.2 Å². The highest BCUT2D eigenvalue weighted by molar-refractivity contribution is 5.75. The zero-order valence-electron chi connectivity index (χ0n) is 6.20. The summed E-state index contributed by atoms with van der Waals surface area (Å²) in [5.74, 6) is -1.19. The Labute approximate surface area is 63.9 Å². The van der Waals surface area contributed by atoms with Gasteiger partial charge in [-0.15, -0.1) is 0 Å². The van der Waals surface area contributed by atoms with Gasteiger partial charge in [0.05, 0.1) is 6.61 Å². The lowest BCUT2D eigenvalue weighted by Gasteiger charge is -2.01. The molecular weight excluding hydrogens is 152 g/mol. The van der Waals surface area contributed by atoms with Crippen LogP contribution in [0, 0.1) is 0 Å². The molecule has 0 fully saturated rings. The van der Waals surface area contributed by atoms with Crippen molar-refractivity contribution in [1.29, 1.82) is 0 Å². The summed E-state index contributed by atoms with van der Waals surface area (Å²) < 4.78 is 8.68. The quantitative estimate of drug-likeness (QED) is 0.541. The van der Waals surface area contributed by atoms with E-state index >= 15 is 0 Å². The van der Waals surface area contributed by atoms with E-state index in [9.17, 15) is 9.59 Å². The van der Waals surface area contributed by atoms with Crippen molar-refractivity contribution in [2.24, 2.45) is 0 Å². The molecule has 0 atom stereocenters. The summed E-state index contributed by atoms with van der Waals surface area (Å²) >= 11 is 0. The molecule has 64 valence electrons. The van der Waals surface area contributed by atoms with Crippen molar-refractivity contribution in [2.45, 2.75) is 6.92 Å². The maximum absolute atomic E-state index is 10.5. The minimum atomic E-state index is -0.658. The van der Waals surface area contributed by atoms with Crippen molar-refractivity contribution >= 4 is 11.9 Å². The Hall–Kier alpha value is -1.10. The van der Waals surface area contributed by atoms with E-state index in [2.05, 4.69) is 9.47 Å². The number of aliphatic hydroxyl groups excluding tert-OH is 1. The topological polar surface area (TPSA) is 72.8 Å². The van der Waals surface area contributed by atoms with Crippen molar-refractivity contribution in [3.8, 4) is 0 Å². The number of hydrogen-bond donors (Lipinski definition) is 1. The summed E-state index contributed by atoms with van der Waals surface area (Å²) in [6.07, 6.45) is 0. The van der Waals surface area contributed by atoms with Crippen LogP contribution in [0.4, 0.5) is 0 Å². The third-order valence-corrected chi connectivity index (χ3v) is 0.748.